The molecule has 2 heterocycles. The lowest BCUT2D eigenvalue weighted by molar-refractivity contribution is 0.146. The van der Waals surface area contributed by atoms with E-state index in [9.17, 15) is 0 Å². The molecule has 0 radical (unpaired) electrons. The minimum atomic E-state index is -0.303. The third-order valence-corrected chi connectivity index (χ3v) is 12.3. The quantitative estimate of drug-likeness (QED) is 0.136. The van der Waals surface area contributed by atoms with Gasteiger partial charge in [-0.1, -0.05) is 133 Å². The molecular formula is C53H48N4O. The van der Waals surface area contributed by atoms with E-state index >= 15 is 0 Å². The highest BCUT2D eigenvalue weighted by molar-refractivity contribution is 5.98. The summed E-state index contributed by atoms with van der Waals surface area (Å²) in [5, 5.41) is 6.31. The van der Waals surface area contributed by atoms with Crippen molar-refractivity contribution < 1.29 is 4.42 Å². The third kappa shape index (κ3) is 6.51. The number of aromatic nitrogens is 1. The highest BCUT2D eigenvalue weighted by Crippen LogP contribution is 2.41. The molecule has 10 rings (SSSR count). The molecule has 0 amide bonds. The Bertz CT molecular complexity index is 2810. The van der Waals surface area contributed by atoms with Gasteiger partial charge < -0.3 is 14.7 Å². The maximum atomic E-state index is 7.01. The number of aryl methyl sites for hydroxylation is 2. The van der Waals surface area contributed by atoms with Gasteiger partial charge in [0.1, 0.15) is 11.3 Å². The number of hydrogen-bond donors (Lipinski definition) is 2. The molecule has 0 saturated carbocycles. The Kier molecular flexibility index (Phi) is 9.50. The van der Waals surface area contributed by atoms with Crippen LogP contribution in [0.1, 0.15) is 71.4 Å². The van der Waals surface area contributed by atoms with Crippen LogP contribution in [0.2, 0.25) is 0 Å². The molecule has 5 heteroatoms. The molecular weight excluding hydrogens is 709 g/mol. The van der Waals surface area contributed by atoms with E-state index in [-0.39, 0.29) is 12.3 Å². The fourth-order valence-electron chi connectivity index (χ4n) is 9.19. The summed E-state index contributed by atoms with van der Waals surface area (Å²) in [6.45, 7) is 2.90. The molecule has 0 bridgehead atoms. The number of hydrogen-bond acceptors (Lipinski definition) is 4. The Hall–Kier alpha value is -6.24. The lowest BCUT2D eigenvalue weighted by atomic mass is 9.95. The predicted molar refractivity (Wildman–Crippen MR) is 240 cm³/mol. The van der Waals surface area contributed by atoms with Gasteiger partial charge in [-0.2, -0.15) is 0 Å². The maximum absolute atomic E-state index is 7.01. The Morgan fingerprint density at radius 2 is 1.43 bits per heavy atom. The number of nitrogens with one attached hydrogen (secondary N) is 1. The van der Waals surface area contributed by atoms with Gasteiger partial charge in [0.2, 0.25) is 0 Å². The minimum Gasteiger partial charge on any atom is -0.455 e. The zero-order valence-electron chi connectivity index (χ0n) is 33.2. The summed E-state index contributed by atoms with van der Waals surface area (Å²) < 4.78 is 8.99. The van der Waals surface area contributed by atoms with Gasteiger partial charge >= 0.3 is 0 Å². The Morgan fingerprint density at radius 1 is 0.707 bits per heavy atom. The van der Waals surface area contributed by atoms with E-state index in [1.165, 1.54) is 66.5 Å². The molecule has 2 aliphatic rings. The zero-order chi connectivity index (χ0) is 39.2. The first kappa shape index (κ1) is 36.1. The van der Waals surface area contributed by atoms with Crippen LogP contribution in [0.4, 0.5) is 0 Å². The molecule has 0 fully saturated rings. The van der Waals surface area contributed by atoms with Crippen LogP contribution >= 0.6 is 0 Å². The SMILES string of the molecule is CC1=CCCc2c1oc1c(-c3ccc(-n4c5c(c6cc(-c7ccc(C(N)N(C)C(NCc8ccccc8)c8ccccc8)cc7)ccc64)CCC=C5)cc3)cccc21. The number of benzene rings is 6. The molecule has 2 aromatic heterocycles. The number of nitrogens with two attached hydrogens (primary N) is 1. The number of rotatable bonds is 10. The van der Waals surface area contributed by atoms with Crippen molar-refractivity contribution in [2.45, 2.75) is 51.5 Å². The van der Waals surface area contributed by atoms with Gasteiger partial charge in [0.15, 0.2) is 0 Å². The Balaban J connectivity index is 0.930. The van der Waals surface area contributed by atoms with E-state index < -0.39 is 0 Å². The van der Waals surface area contributed by atoms with E-state index in [0.717, 1.165) is 60.4 Å². The summed E-state index contributed by atoms with van der Waals surface area (Å²) in [6.07, 6.45) is 10.7. The third-order valence-electron chi connectivity index (χ3n) is 12.3. The molecule has 286 valence electrons. The highest BCUT2D eigenvalue weighted by Gasteiger charge is 2.24. The molecule has 2 aliphatic carbocycles. The fraction of sp³-hybridized carbons (Fsp3) is 0.170. The summed E-state index contributed by atoms with van der Waals surface area (Å²) in [5.41, 5.74) is 23.8. The van der Waals surface area contributed by atoms with Crippen molar-refractivity contribution in [1.29, 1.82) is 0 Å². The van der Waals surface area contributed by atoms with Crippen molar-refractivity contribution in [2.24, 2.45) is 5.73 Å². The first-order chi connectivity index (χ1) is 28.5. The van der Waals surface area contributed by atoms with Crippen LogP contribution in [0.3, 0.4) is 0 Å². The molecule has 0 aliphatic heterocycles. The second kappa shape index (κ2) is 15.3. The van der Waals surface area contributed by atoms with Gasteiger partial charge in [-0.25, -0.2) is 0 Å². The number of furan rings is 1. The average molecular weight is 757 g/mol. The summed E-state index contributed by atoms with van der Waals surface area (Å²) in [6, 6.07) is 52.4. The molecule has 0 saturated heterocycles. The number of fused-ring (bicyclic) bond motifs is 6. The van der Waals surface area contributed by atoms with Gasteiger partial charge in [0.25, 0.3) is 0 Å². The van der Waals surface area contributed by atoms with E-state index in [1.54, 1.807) is 0 Å². The molecule has 5 nitrogen and oxygen atoms in total. The first-order valence-corrected chi connectivity index (χ1v) is 20.6. The normalized spacial score (nSPS) is 14.7. The molecule has 3 N–H and O–H groups in total. The fourth-order valence-corrected chi connectivity index (χ4v) is 9.19. The topological polar surface area (TPSA) is 59.4 Å². The minimum absolute atomic E-state index is 0.0588. The van der Waals surface area contributed by atoms with E-state index in [1.807, 2.05) is 0 Å². The second-order valence-corrected chi connectivity index (χ2v) is 15.8. The van der Waals surface area contributed by atoms with Crippen LogP contribution in [-0.4, -0.2) is 16.5 Å². The molecule has 2 atom stereocenters. The average Bonchev–Trinajstić information content (AvgIpc) is 3.84. The van der Waals surface area contributed by atoms with Crippen molar-refractivity contribution in [3.8, 4) is 27.9 Å². The summed E-state index contributed by atoms with van der Waals surface area (Å²) in [5.74, 6) is 1.05. The van der Waals surface area contributed by atoms with Gasteiger partial charge in [0.05, 0.1) is 17.8 Å². The van der Waals surface area contributed by atoms with Crippen molar-refractivity contribution in [3.05, 3.63) is 197 Å². The molecule has 2 unspecified atom stereocenters. The summed E-state index contributed by atoms with van der Waals surface area (Å²) in [4.78, 5) is 2.22. The number of para-hydroxylation sites is 1. The highest BCUT2D eigenvalue weighted by atomic mass is 16.3. The van der Waals surface area contributed by atoms with Crippen LogP contribution in [0.5, 0.6) is 0 Å². The van der Waals surface area contributed by atoms with Gasteiger partial charge in [-0.3, -0.25) is 10.2 Å². The van der Waals surface area contributed by atoms with Crippen LogP contribution in [0.15, 0.2) is 162 Å². The maximum Gasteiger partial charge on any atom is 0.142 e. The van der Waals surface area contributed by atoms with E-state index in [4.69, 9.17) is 10.2 Å². The van der Waals surface area contributed by atoms with Gasteiger partial charge in [0, 0.05) is 39.8 Å². The van der Waals surface area contributed by atoms with Crippen LogP contribution in [-0.2, 0) is 19.4 Å². The zero-order valence-corrected chi connectivity index (χ0v) is 33.2. The Morgan fingerprint density at radius 3 is 2.22 bits per heavy atom. The monoisotopic (exact) mass is 756 g/mol. The van der Waals surface area contributed by atoms with Crippen LogP contribution in [0, 0.1) is 0 Å². The van der Waals surface area contributed by atoms with Gasteiger partial charge in [-0.15, -0.1) is 0 Å². The van der Waals surface area contributed by atoms with Crippen molar-refractivity contribution in [1.82, 2.24) is 14.8 Å². The molecule has 8 aromatic rings. The lowest BCUT2D eigenvalue weighted by Crippen LogP contribution is -2.41. The van der Waals surface area contributed by atoms with Crippen LogP contribution < -0.4 is 11.1 Å². The van der Waals surface area contributed by atoms with Crippen molar-refractivity contribution in [3.63, 3.8) is 0 Å². The standard InChI is InChI=1S/C53H48N4O/c1-35-13-11-20-45-46-21-12-19-43(51(46)58-50(35)45)38-27-30-42(31-28-38)57-48-22-10-9-18-44(48)47-33-41(29-32-49(47)57)37-23-25-39(26-24-37)52(54)56(2)53(40-16-7-4-8-17-40)55-34-36-14-5-3-6-15-36/h3-8,10,12-17,19,21-33,52-53,55H,9,11,18,20,34,54H2,1-2H3. The summed E-state index contributed by atoms with van der Waals surface area (Å²) >= 11 is 0. The second-order valence-electron chi connectivity index (χ2n) is 15.8. The van der Waals surface area contributed by atoms with Gasteiger partial charge in [-0.05, 0) is 115 Å². The van der Waals surface area contributed by atoms with Crippen LogP contribution in [0.25, 0.3) is 61.5 Å². The predicted octanol–water partition coefficient (Wildman–Crippen LogP) is 12.4. The largest absolute Gasteiger partial charge is 0.455 e. The number of allylic oxidation sites excluding steroid dienone is 3. The summed E-state index contributed by atoms with van der Waals surface area (Å²) in [7, 11) is 2.10. The number of nitrogens with zero attached hydrogens (tertiary/aromatic N) is 2. The van der Waals surface area contributed by atoms with Crippen molar-refractivity contribution in [2.75, 3.05) is 7.05 Å². The first-order valence-electron chi connectivity index (χ1n) is 20.6. The van der Waals surface area contributed by atoms with Crippen molar-refractivity contribution >= 4 is 33.5 Å². The smallest absolute Gasteiger partial charge is 0.142 e. The molecule has 58 heavy (non-hydrogen) atoms. The van der Waals surface area contributed by atoms with E-state index in [0.29, 0.717) is 0 Å². The molecule has 0 spiro atoms. The molecule has 6 aromatic carbocycles. The lowest BCUT2D eigenvalue weighted by Gasteiger charge is -2.34. The van der Waals surface area contributed by atoms with E-state index in [2.05, 4.69) is 193 Å². The Labute approximate surface area is 340 Å².